The van der Waals surface area contributed by atoms with E-state index >= 15 is 0 Å². The number of hydrogen-bond donors (Lipinski definition) is 1. The molecule has 0 radical (unpaired) electrons. The van der Waals surface area contributed by atoms with Gasteiger partial charge in [0.15, 0.2) is 0 Å². The van der Waals surface area contributed by atoms with Crippen molar-refractivity contribution >= 4 is 17.5 Å². The normalized spacial score (nSPS) is 10.7. The molecule has 106 valence electrons. The van der Waals surface area contributed by atoms with Gasteiger partial charge in [-0.15, -0.1) is 0 Å². The maximum Gasteiger partial charge on any atom is 0.305 e. The second kappa shape index (κ2) is 6.18. The number of aromatic nitrogens is 2. The average Bonchev–Trinajstić information content (AvgIpc) is 2.81. The van der Waals surface area contributed by atoms with Gasteiger partial charge in [-0.25, -0.2) is 4.98 Å². The summed E-state index contributed by atoms with van der Waals surface area (Å²) >= 11 is 0. The highest BCUT2D eigenvalue weighted by atomic mass is 16.4. The Labute approximate surface area is 116 Å². The first-order valence-corrected chi connectivity index (χ1v) is 6.52. The fraction of sp³-hybridized carbons (Fsp3) is 0.357. The van der Waals surface area contributed by atoms with Gasteiger partial charge in [-0.3, -0.25) is 9.59 Å². The van der Waals surface area contributed by atoms with Crippen molar-refractivity contribution in [2.75, 3.05) is 13.1 Å². The summed E-state index contributed by atoms with van der Waals surface area (Å²) in [4.78, 5) is 28.6. The van der Waals surface area contributed by atoms with Crippen LogP contribution in [0.1, 0.15) is 19.0 Å². The number of nitrogens with zero attached hydrogens (tertiary/aromatic N) is 3. The molecule has 6 heteroatoms. The van der Waals surface area contributed by atoms with E-state index in [-0.39, 0.29) is 25.3 Å². The molecule has 1 N–H and O–H groups in total. The molecule has 6 nitrogen and oxygen atoms in total. The molecule has 0 aliphatic heterocycles. The molecule has 2 heterocycles. The maximum absolute atomic E-state index is 12.1. The minimum absolute atomic E-state index is 0.0370. The highest BCUT2D eigenvalue weighted by Gasteiger charge is 2.15. The molecule has 1 amide bonds. The number of carbonyl (C=O) groups excluding carboxylic acids is 1. The molecule has 0 saturated heterocycles. The predicted octanol–water partition coefficient (Wildman–Crippen LogP) is 1.20. The highest BCUT2D eigenvalue weighted by molar-refractivity contribution is 5.79. The van der Waals surface area contributed by atoms with E-state index in [0.29, 0.717) is 12.2 Å². The summed E-state index contributed by atoms with van der Waals surface area (Å²) in [6.45, 7) is 2.57. The molecule has 0 aromatic carbocycles. The van der Waals surface area contributed by atoms with Crippen molar-refractivity contribution in [1.82, 2.24) is 14.3 Å². The van der Waals surface area contributed by atoms with Gasteiger partial charge >= 0.3 is 5.97 Å². The van der Waals surface area contributed by atoms with E-state index in [2.05, 4.69) is 4.98 Å². The summed E-state index contributed by atoms with van der Waals surface area (Å²) in [6, 6.07) is 5.65. The Morgan fingerprint density at radius 3 is 2.85 bits per heavy atom. The van der Waals surface area contributed by atoms with Gasteiger partial charge in [-0.1, -0.05) is 6.07 Å². The number of carbonyl (C=O) groups is 2. The van der Waals surface area contributed by atoms with Gasteiger partial charge < -0.3 is 14.4 Å². The molecule has 0 unspecified atom stereocenters. The Hall–Kier alpha value is -2.37. The van der Waals surface area contributed by atoms with Crippen molar-refractivity contribution in [2.45, 2.75) is 19.8 Å². The number of aliphatic carboxylic acids is 1. The van der Waals surface area contributed by atoms with Crippen LogP contribution in [-0.2, 0) is 16.0 Å². The first kappa shape index (κ1) is 14.0. The van der Waals surface area contributed by atoms with Crippen molar-refractivity contribution < 1.29 is 14.7 Å². The Morgan fingerprint density at radius 1 is 1.40 bits per heavy atom. The fourth-order valence-electron chi connectivity index (χ4n) is 2.03. The fourth-order valence-corrected chi connectivity index (χ4v) is 2.03. The van der Waals surface area contributed by atoms with Crippen LogP contribution < -0.4 is 0 Å². The van der Waals surface area contributed by atoms with Crippen molar-refractivity contribution in [3.63, 3.8) is 0 Å². The molecule has 0 spiro atoms. The summed E-state index contributed by atoms with van der Waals surface area (Å²) in [6.07, 6.45) is 3.84. The monoisotopic (exact) mass is 275 g/mol. The van der Waals surface area contributed by atoms with Crippen LogP contribution in [0.2, 0.25) is 0 Å². The highest BCUT2D eigenvalue weighted by Crippen LogP contribution is 2.07. The SMILES string of the molecule is CCN(CCC(=O)O)C(=O)Cc1cn2ccccc2n1. The third-order valence-electron chi connectivity index (χ3n) is 3.08. The number of carboxylic acids is 1. The zero-order valence-electron chi connectivity index (χ0n) is 11.3. The molecule has 0 aliphatic carbocycles. The van der Waals surface area contributed by atoms with Gasteiger partial charge in [0.1, 0.15) is 5.65 Å². The topological polar surface area (TPSA) is 74.9 Å². The molecule has 0 aliphatic rings. The lowest BCUT2D eigenvalue weighted by molar-refractivity contribution is -0.138. The van der Waals surface area contributed by atoms with Crippen LogP contribution in [-0.4, -0.2) is 44.4 Å². The van der Waals surface area contributed by atoms with Crippen molar-refractivity contribution in [2.24, 2.45) is 0 Å². The van der Waals surface area contributed by atoms with Crippen molar-refractivity contribution in [1.29, 1.82) is 0 Å². The van der Waals surface area contributed by atoms with E-state index in [1.165, 1.54) is 4.90 Å². The lowest BCUT2D eigenvalue weighted by Crippen LogP contribution is -2.34. The Morgan fingerprint density at radius 2 is 2.20 bits per heavy atom. The number of carboxylic acid groups (broad SMARTS) is 1. The summed E-state index contributed by atoms with van der Waals surface area (Å²) in [7, 11) is 0. The van der Waals surface area contributed by atoms with Crippen LogP contribution in [0.5, 0.6) is 0 Å². The summed E-state index contributed by atoms with van der Waals surface area (Å²) in [5.74, 6) is -0.999. The third kappa shape index (κ3) is 3.34. The lowest BCUT2D eigenvalue weighted by Gasteiger charge is -2.19. The van der Waals surface area contributed by atoms with Crippen LogP contribution in [0, 0.1) is 0 Å². The second-order valence-corrected chi connectivity index (χ2v) is 4.49. The van der Waals surface area contributed by atoms with Crippen LogP contribution in [0.3, 0.4) is 0 Å². The molecule has 2 aromatic heterocycles. The van der Waals surface area contributed by atoms with Gasteiger partial charge in [0.25, 0.3) is 0 Å². The average molecular weight is 275 g/mol. The van der Waals surface area contributed by atoms with Gasteiger partial charge in [-0.2, -0.15) is 0 Å². The molecule has 0 fully saturated rings. The number of imidazole rings is 1. The number of pyridine rings is 1. The Kier molecular flexibility index (Phi) is 4.34. The molecule has 0 saturated carbocycles. The van der Waals surface area contributed by atoms with E-state index in [0.717, 1.165) is 5.65 Å². The maximum atomic E-state index is 12.1. The van der Waals surface area contributed by atoms with E-state index in [4.69, 9.17) is 5.11 Å². The molecule has 2 aromatic rings. The van der Waals surface area contributed by atoms with Gasteiger partial charge in [0, 0.05) is 25.5 Å². The number of hydrogen-bond acceptors (Lipinski definition) is 3. The van der Waals surface area contributed by atoms with Crippen molar-refractivity contribution in [3.8, 4) is 0 Å². The van der Waals surface area contributed by atoms with Crippen LogP contribution in [0.25, 0.3) is 5.65 Å². The predicted molar refractivity (Wildman–Crippen MR) is 73.4 cm³/mol. The quantitative estimate of drug-likeness (QED) is 0.859. The van der Waals surface area contributed by atoms with Crippen molar-refractivity contribution in [3.05, 3.63) is 36.3 Å². The third-order valence-corrected chi connectivity index (χ3v) is 3.08. The summed E-state index contributed by atoms with van der Waals surface area (Å²) in [5.41, 5.74) is 1.49. The largest absolute Gasteiger partial charge is 0.481 e. The molecule has 20 heavy (non-hydrogen) atoms. The first-order valence-electron chi connectivity index (χ1n) is 6.52. The number of likely N-dealkylation sites (N-methyl/N-ethyl adjacent to an activating group) is 1. The number of fused-ring (bicyclic) bond motifs is 1. The summed E-state index contributed by atoms with van der Waals surface area (Å²) in [5, 5.41) is 8.67. The van der Waals surface area contributed by atoms with E-state index in [9.17, 15) is 9.59 Å². The van der Waals surface area contributed by atoms with E-state index in [1.807, 2.05) is 41.9 Å². The molecule has 2 rings (SSSR count). The van der Waals surface area contributed by atoms with E-state index < -0.39 is 5.97 Å². The standard InChI is InChI=1S/C14H17N3O3/c1-2-16(8-6-14(19)20)13(18)9-11-10-17-7-4-3-5-12(17)15-11/h3-5,7,10H,2,6,8-9H2,1H3,(H,19,20). The molecule has 0 bridgehead atoms. The Bertz CT molecular complexity index is 588. The molecular formula is C14H17N3O3. The number of amides is 1. The first-order chi connectivity index (χ1) is 9.60. The van der Waals surface area contributed by atoms with E-state index in [1.54, 1.807) is 0 Å². The lowest BCUT2D eigenvalue weighted by atomic mass is 10.2. The zero-order chi connectivity index (χ0) is 14.5. The second-order valence-electron chi connectivity index (χ2n) is 4.49. The Balaban J connectivity index is 2.03. The molecular weight excluding hydrogens is 258 g/mol. The van der Waals surface area contributed by atoms with Gasteiger partial charge in [0.2, 0.25) is 5.91 Å². The van der Waals surface area contributed by atoms with Crippen LogP contribution >= 0.6 is 0 Å². The minimum Gasteiger partial charge on any atom is -0.481 e. The zero-order valence-corrected chi connectivity index (χ0v) is 11.3. The number of rotatable bonds is 6. The minimum atomic E-state index is -0.899. The summed E-state index contributed by atoms with van der Waals surface area (Å²) < 4.78 is 1.86. The molecule has 0 atom stereocenters. The van der Waals surface area contributed by atoms with Gasteiger partial charge in [-0.05, 0) is 19.1 Å². The van der Waals surface area contributed by atoms with Crippen LogP contribution in [0.4, 0.5) is 0 Å². The smallest absolute Gasteiger partial charge is 0.305 e. The van der Waals surface area contributed by atoms with Crippen LogP contribution in [0.15, 0.2) is 30.6 Å². The van der Waals surface area contributed by atoms with Gasteiger partial charge in [0.05, 0.1) is 18.5 Å².